The predicted molar refractivity (Wildman–Crippen MR) is 121 cm³/mol. The van der Waals surface area contributed by atoms with Gasteiger partial charge in [0, 0.05) is 55.8 Å². The molecule has 0 saturated carbocycles. The van der Waals surface area contributed by atoms with Gasteiger partial charge in [0.25, 0.3) is 0 Å². The minimum Gasteiger partial charge on any atom is -0.497 e. The van der Waals surface area contributed by atoms with Crippen LogP contribution in [0.25, 0.3) is 0 Å². The summed E-state index contributed by atoms with van der Waals surface area (Å²) in [5, 5.41) is 0. The Morgan fingerprint density at radius 1 is 0.879 bits per heavy atom. The van der Waals surface area contributed by atoms with E-state index in [0.29, 0.717) is 85.6 Å². The van der Waals surface area contributed by atoms with Crippen LogP contribution in [0.2, 0.25) is 0 Å². The van der Waals surface area contributed by atoms with Crippen LogP contribution < -0.4 is 4.74 Å². The summed E-state index contributed by atoms with van der Waals surface area (Å²) < 4.78 is 40.7. The molecule has 7 nitrogen and oxygen atoms in total. The highest BCUT2D eigenvalue weighted by Gasteiger charge is 2.44. The molecule has 2 heterocycles. The number of ketones is 2. The summed E-state index contributed by atoms with van der Waals surface area (Å²) >= 11 is 0. The average Bonchev–Trinajstić information content (AvgIpc) is 2.83. The molecular weight excluding hydrogens is 442 g/mol. The number of hydrogen-bond donors (Lipinski definition) is 0. The predicted octanol–water partition coefficient (Wildman–Crippen LogP) is 4.00. The van der Waals surface area contributed by atoms with E-state index >= 15 is 0 Å². The van der Waals surface area contributed by atoms with Gasteiger partial charge in [-0.1, -0.05) is 6.42 Å². The molecule has 4 aliphatic rings. The zero-order valence-electron chi connectivity index (χ0n) is 18.9. The SMILES string of the molecule is COc1ccc(S(=O)(=O)N2CCCCC2)c(C2C3=C(CCCC3=O)OC3=C2C(=O)CCC3)c1. The molecule has 0 spiro atoms. The molecular formula is C25H29NO6S. The number of methoxy groups -OCH3 is 1. The van der Waals surface area contributed by atoms with Crippen LogP contribution >= 0.6 is 0 Å². The zero-order valence-corrected chi connectivity index (χ0v) is 19.7. The van der Waals surface area contributed by atoms with Gasteiger partial charge < -0.3 is 9.47 Å². The Balaban J connectivity index is 1.74. The Morgan fingerprint density at radius 3 is 2.06 bits per heavy atom. The Labute approximate surface area is 194 Å². The van der Waals surface area contributed by atoms with Crippen LogP contribution in [-0.2, 0) is 24.3 Å². The number of carbonyl (C=O) groups excluding carboxylic acids is 2. The van der Waals surface area contributed by atoms with Crippen molar-refractivity contribution >= 4 is 21.6 Å². The van der Waals surface area contributed by atoms with Crippen LogP contribution in [0.1, 0.15) is 69.3 Å². The standard InChI is InChI=1S/C25H29NO6S/c1-31-16-11-12-22(33(29,30)26-13-3-2-4-14-26)17(15-16)23-24-18(27)7-5-9-20(24)32-21-10-6-8-19(28)25(21)23/h11-12,15,23H,2-10,13-14H2,1H3. The quantitative estimate of drug-likeness (QED) is 0.659. The van der Waals surface area contributed by atoms with Crippen LogP contribution in [0.3, 0.4) is 0 Å². The van der Waals surface area contributed by atoms with Crippen LogP contribution in [-0.4, -0.2) is 44.5 Å². The van der Waals surface area contributed by atoms with Crippen molar-refractivity contribution in [2.24, 2.45) is 0 Å². The molecule has 0 bridgehead atoms. The second-order valence-electron chi connectivity index (χ2n) is 9.13. The van der Waals surface area contributed by atoms with Gasteiger partial charge in [-0.25, -0.2) is 8.42 Å². The third-order valence-electron chi connectivity index (χ3n) is 7.10. The van der Waals surface area contributed by atoms with E-state index < -0.39 is 15.9 Å². The molecule has 1 aromatic carbocycles. The molecule has 0 aromatic heterocycles. The molecule has 5 rings (SSSR count). The van der Waals surface area contributed by atoms with Crippen molar-refractivity contribution in [3.8, 4) is 5.75 Å². The second-order valence-corrected chi connectivity index (χ2v) is 11.0. The van der Waals surface area contributed by atoms with Crippen molar-refractivity contribution in [1.82, 2.24) is 4.31 Å². The van der Waals surface area contributed by atoms with Crippen LogP contribution in [0.4, 0.5) is 0 Å². The smallest absolute Gasteiger partial charge is 0.243 e. The minimum absolute atomic E-state index is 0.0738. The zero-order chi connectivity index (χ0) is 23.2. The summed E-state index contributed by atoms with van der Waals surface area (Å²) in [7, 11) is -2.29. The fourth-order valence-corrected chi connectivity index (χ4v) is 7.22. The molecule has 0 amide bonds. The normalized spacial score (nSPS) is 22.7. The molecule has 0 N–H and O–H groups in total. The molecule has 1 aromatic rings. The van der Waals surface area contributed by atoms with E-state index in [1.54, 1.807) is 18.2 Å². The Bertz CT molecular complexity index is 1130. The van der Waals surface area contributed by atoms with E-state index in [4.69, 9.17) is 9.47 Å². The third kappa shape index (κ3) is 3.83. The average molecular weight is 472 g/mol. The third-order valence-corrected chi connectivity index (χ3v) is 9.07. The van der Waals surface area contributed by atoms with Crippen molar-refractivity contribution in [3.05, 3.63) is 46.4 Å². The number of ether oxygens (including phenoxy) is 2. The highest BCUT2D eigenvalue weighted by atomic mass is 32.2. The number of hydrogen-bond acceptors (Lipinski definition) is 6. The van der Waals surface area contributed by atoms with E-state index in [9.17, 15) is 18.0 Å². The van der Waals surface area contributed by atoms with Gasteiger partial charge in [0.15, 0.2) is 11.6 Å². The van der Waals surface area contributed by atoms with Gasteiger partial charge in [-0.2, -0.15) is 4.31 Å². The summed E-state index contributed by atoms with van der Waals surface area (Å²) in [6.45, 7) is 0.947. The fraction of sp³-hybridized carbons (Fsp3) is 0.520. The van der Waals surface area contributed by atoms with Gasteiger partial charge in [-0.3, -0.25) is 9.59 Å². The summed E-state index contributed by atoms with van der Waals surface area (Å²) in [5.41, 5.74) is 1.32. The number of piperidine rings is 1. The van der Waals surface area contributed by atoms with Gasteiger partial charge in [0.2, 0.25) is 10.0 Å². The Morgan fingerprint density at radius 2 is 1.48 bits per heavy atom. The first kappa shape index (κ1) is 22.3. The molecule has 1 fully saturated rings. The van der Waals surface area contributed by atoms with Gasteiger partial charge in [0.05, 0.1) is 12.0 Å². The molecule has 1 saturated heterocycles. The van der Waals surface area contributed by atoms with Crippen molar-refractivity contribution < 1.29 is 27.5 Å². The van der Waals surface area contributed by atoms with Crippen molar-refractivity contribution in [2.75, 3.05) is 20.2 Å². The lowest BCUT2D eigenvalue weighted by Crippen LogP contribution is -2.37. The maximum atomic E-state index is 13.8. The molecule has 0 radical (unpaired) electrons. The maximum Gasteiger partial charge on any atom is 0.243 e. The molecule has 176 valence electrons. The summed E-state index contributed by atoms with van der Waals surface area (Å²) in [6.07, 6.45) is 6.00. The Kier molecular flexibility index (Phi) is 5.91. The summed E-state index contributed by atoms with van der Waals surface area (Å²) in [4.78, 5) is 26.4. The van der Waals surface area contributed by atoms with Crippen LogP contribution in [0.5, 0.6) is 5.75 Å². The number of benzene rings is 1. The van der Waals surface area contributed by atoms with Gasteiger partial charge in [0.1, 0.15) is 17.3 Å². The first-order valence-corrected chi connectivity index (χ1v) is 13.2. The van der Waals surface area contributed by atoms with E-state index in [-0.39, 0.29) is 16.5 Å². The molecule has 8 heteroatoms. The lowest BCUT2D eigenvalue weighted by Gasteiger charge is -2.37. The minimum atomic E-state index is -3.81. The van der Waals surface area contributed by atoms with Crippen LogP contribution in [0.15, 0.2) is 45.8 Å². The lowest BCUT2D eigenvalue weighted by atomic mass is 9.73. The number of rotatable bonds is 4. The molecule has 0 atom stereocenters. The van der Waals surface area contributed by atoms with Gasteiger partial charge >= 0.3 is 0 Å². The summed E-state index contributed by atoms with van der Waals surface area (Å²) in [5.74, 6) is 0.784. The topological polar surface area (TPSA) is 90.0 Å². The van der Waals surface area contributed by atoms with Crippen LogP contribution in [0, 0.1) is 0 Å². The largest absolute Gasteiger partial charge is 0.497 e. The monoisotopic (exact) mass is 471 g/mol. The summed E-state index contributed by atoms with van der Waals surface area (Å²) in [6, 6.07) is 4.89. The number of nitrogens with zero attached hydrogens (tertiary/aromatic N) is 1. The molecule has 2 aliphatic carbocycles. The number of carbonyl (C=O) groups is 2. The lowest BCUT2D eigenvalue weighted by molar-refractivity contribution is -0.117. The number of allylic oxidation sites excluding steroid dienone is 4. The number of sulfonamides is 1. The first-order valence-electron chi connectivity index (χ1n) is 11.8. The van der Waals surface area contributed by atoms with E-state index in [2.05, 4.69) is 0 Å². The first-order chi connectivity index (χ1) is 15.9. The van der Waals surface area contributed by atoms with E-state index in [0.717, 1.165) is 19.3 Å². The second kappa shape index (κ2) is 8.72. The highest BCUT2D eigenvalue weighted by Crippen LogP contribution is 2.49. The van der Waals surface area contributed by atoms with E-state index in [1.165, 1.54) is 11.4 Å². The maximum absolute atomic E-state index is 13.8. The molecule has 33 heavy (non-hydrogen) atoms. The highest BCUT2D eigenvalue weighted by molar-refractivity contribution is 7.89. The van der Waals surface area contributed by atoms with Crippen molar-refractivity contribution in [2.45, 2.75) is 68.6 Å². The molecule has 2 aliphatic heterocycles. The van der Waals surface area contributed by atoms with Gasteiger partial charge in [-0.15, -0.1) is 0 Å². The fourth-order valence-electron chi connectivity index (χ4n) is 5.49. The molecule has 0 unspecified atom stereocenters. The van der Waals surface area contributed by atoms with Gasteiger partial charge in [-0.05, 0) is 49.4 Å². The van der Waals surface area contributed by atoms with Crippen molar-refractivity contribution in [3.63, 3.8) is 0 Å². The van der Waals surface area contributed by atoms with Crippen molar-refractivity contribution in [1.29, 1.82) is 0 Å². The number of Topliss-reactive ketones (excluding diaryl/α,β-unsaturated/α-hetero) is 2. The van der Waals surface area contributed by atoms with E-state index in [1.807, 2.05) is 0 Å². The Hall–Kier alpha value is -2.45.